The maximum atomic E-state index is 12.6. The highest BCUT2D eigenvalue weighted by molar-refractivity contribution is 9.10. The molecule has 0 spiro atoms. The van der Waals surface area contributed by atoms with Gasteiger partial charge < -0.3 is 15.4 Å². The predicted molar refractivity (Wildman–Crippen MR) is 119 cm³/mol. The largest absolute Gasteiger partial charge is 0.493 e. The first-order valence-electron chi connectivity index (χ1n) is 9.18. The molecule has 2 N–H and O–H groups in total. The monoisotopic (exact) mass is 452 g/mol. The third-order valence-electron chi connectivity index (χ3n) is 4.26. The van der Waals surface area contributed by atoms with Gasteiger partial charge in [-0.05, 0) is 83.9 Å². The van der Waals surface area contributed by atoms with E-state index in [9.17, 15) is 9.59 Å². The van der Waals surface area contributed by atoms with E-state index in [-0.39, 0.29) is 11.8 Å². The van der Waals surface area contributed by atoms with Crippen molar-refractivity contribution < 1.29 is 14.3 Å². The summed E-state index contributed by atoms with van der Waals surface area (Å²) in [4.78, 5) is 24.9. The van der Waals surface area contributed by atoms with E-state index in [1.807, 2.05) is 38.1 Å². The third kappa shape index (κ3) is 5.23. The zero-order valence-electron chi connectivity index (χ0n) is 16.2. The van der Waals surface area contributed by atoms with Crippen LogP contribution < -0.4 is 15.4 Å². The lowest BCUT2D eigenvalue weighted by atomic mass is 10.1. The number of rotatable bonds is 6. The van der Waals surface area contributed by atoms with Gasteiger partial charge in [-0.25, -0.2) is 0 Å². The molecule has 5 nitrogen and oxygen atoms in total. The number of ether oxygens (including phenoxy) is 1. The first-order valence-corrected chi connectivity index (χ1v) is 9.98. The Hall–Kier alpha value is -3.12. The molecule has 0 heterocycles. The van der Waals surface area contributed by atoms with Gasteiger partial charge in [0.15, 0.2) is 0 Å². The highest BCUT2D eigenvalue weighted by atomic mass is 79.9. The van der Waals surface area contributed by atoms with Crippen LogP contribution in [0.5, 0.6) is 5.75 Å². The first-order chi connectivity index (χ1) is 14.0. The van der Waals surface area contributed by atoms with Gasteiger partial charge in [-0.15, -0.1) is 0 Å². The summed E-state index contributed by atoms with van der Waals surface area (Å²) in [7, 11) is 0. The SMILES string of the molecule is CCOc1ccc(C(=O)Nc2ccc(NC(=O)c3ccccc3)c(C)c2)cc1Br. The summed E-state index contributed by atoms with van der Waals surface area (Å²) in [6, 6.07) is 19.6. The summed E-state index contributed by atoms with van der Waals surface area (Å²) in [6.45, 7) is 4.33. The van der Waals surface area contributed by atoms with Crippen LogP contribution in [0.15, 0.2) is 71.2 Å². The van der Waals surface area contributed by atoms with Crippen LogP contribution >= 0.6 is 15.9 Å². The zero-order chi connectivity index (χ0) is 20.8. The van der Waals surface area contributed by atoms with E-state index in [0.717, 1.165) is 10.0 Å². The number of hydrogen-bond donors (Lipinski definition) is 2. The van der Waals surface area contributed by atoms with Crippen LogP contribution in [-0.2, 0) is 0 Å². The lowest BCUT2D eigenvalue weighted by molar-refractivity contribution is 0.101. The van der Waals surface area contributed by atoms with Crippen LogP contribution in [-0.4, -0.2) is 18.4 Å². The second-order valence-corrected chi connectivity index (χ2v) is 7.24. The number of aryl methyl sites for hydroxylation is 1. The fourth-order valence-electron chi connectivity index (χ4n) is 2.78. The Morgan fingerprint density at radius 3 is 2.28 bits per heavy atom. The second-order valence-electron chi connectivity index (χ2n) is 6.38. The minimum absolute atomic E-state index is 0.176. The lowest BCUT2D eigenvalue weighted by Gasteiger charge is -2.12. The van der Waals surface area contributed by atoms with E-state index in [1.54, 1.807) is 42.5 Å². The second kappa shape index (κ2) is 9.39. The van der Waals surface area contributed by atoms with Gasteiger partial charge in [0.2, 0.25) is 0 Å². The highest BCUT2D eigenvalue weighted by Gasteiger charge is 2.11. The van der Waals surface area contributed by atoms with Gasteiger partial charge in [0.1, 0.15) is 5.75 Å². The van der Waals surface area contributed by atoms with E-state index >= 15 is 0 Å². The van der Waals surface area contributed by atoms with Gasteiger partial charge in [0.25, 0.3) is 11.8 Å². The molecule has 2 amide bonds. The molecule has 0 fully saturated rings. The predicted octanol–water partition coefficient (Wildman–Crippen LogP) is 5.66. The molecule has 148 valence electrons. The van der Waals surface area contributed by atoms with Gasteiger partial charge in [-0.2, -0.15) is 0 Å². The van der Waals surface area contributed by atoms with E-state index in [1.165, 1.54) is 0 Å². The molecule has 0 aliphatic rings. The molecule has 0 bridgehead atoms. The number of hydrogen-bond acceptors (Lipinski definition) is 3. The van der Waals surface area contributed by atoms with Crippen molar-refractivity contribution in [2.75, 3.05) is 17.2 Å². The average molecular weight is 453 g/mol. The number of anilines is 2. The Morgan fingerprint density at radius 2 is 1.62 bits per heavy atom. The number of carbonyl (C=O) groups is 2. The van der Waals surface area contributed by atoms with Gasteiger partial charge in [-0.1, -0.05) is 18.2 Å². The number of amides is 2. The van der Waals surface area contributed by atoms with Crippen molar-refractivity contribution in [1.29, 1.82) is 0 Å². The molecular formula is C23H21BrN2O3. The van der Waals surface area contributed by atoms with Crippen molar-refractivity contribution in [2.24, 2.45) is 0 Å². The summed E-state index contributed by atoms with van der Waals surface area (Å²) in [5, 5.41) is 5.77. The van der Waals surface area contributed by atoms with Crippen molar-refractivity contribution >= 4 is 39.1 Å². The molecule has 3 aromatic rings. The van der Waals surface area contributed by atoms with Crippen LogP contribution in [0.1, 0.15) is 33.2 Å². The molecule has 0 saturated heterocycles. The Balaban J connectivity index is 1.69. The molecule has 0 aliphatic carbocycles. The van der Waals surface area contributed by atoms with Crippen LogP contribution in [0.3, 0.4) is 0 Å². The van der Waals surface area contributed by atoms with Gasteiger partial charge in [0, 0.05) is 22.5 Å². The van der Waals surface area contributed by atoms with E-state index in [0.29, 0.717) is 34.9 Å². The lowest BCUT2D eigenvalue weighted by Crippen LogP contribution is -2.14. The summed E-state index contributed by atoms with van der Waals surface area (Å²) < 4.78 is 6.19. The molecule has 0 radical (unpaired) electrons. The highest BCUT2D eigenvalue weighted by Crippen LogP contribution is 2.27. The fourth-order valence-corrected chi connectivity index (χ4v) is 3.28. The van der Waals surface area contributed by atoms with Crippen LogP contribution in [0, 0.1) is 6.92 Å². The Morgan fingerprint density at radius 1 is 0.897 bits per heavy atom. The molecular weight excluding hydrogens is 432 g/mol. The summed E-state index contributed by atoms with van der Waals surface area (Å²) in [6.07, 6.45) is 0. The van der Waals surface area contributed by atoms with Gasteiger partial charge >= 0.3 is 0 Å². The Bertz CT molecular complexity index is 1040. The van der Waals surface area contributed by atoms with Gasteiger partial charge in [0.05, 0.1) is 11.1 Å². The molecule has 29 heavy (non-hydrogen) atoms. The van der Waals surface area contributed by atoms with Crippen LogP contribution in [0.4, 0.5) is 11.4 Å². The van der Waals surface area contributed by atoms with Crippen molar-refractivity contribution in [3.8, 4) is 5.75 Å². The minimum atomic E-state index is -0.228. The number of halogens is 1. The Kier molecular flexibility index (Phi) is 6.67. The summed E-state index contributed by atoms with van der Waals surface area (Å²) in [5.74, 6) is 0.289. The maximum Gasteiger partial charge on any atom is 0.255 e. The normalized spacial score (nSPS) is 10.3. The topological polar surface area (TPSA) is 67.4 Å². The summed E-state index contributed by atoms with van der Waals surface area (Å²) in [5.41, 5.74) is 3.29. The Labute approximate surface area is 178 Å². The van der Waals surface area contributed by atoms with Crippen molar-refractivity contribution in [1.82, 2.24) is 0 Å². The van der Waals surface area contributed by atoms with E-state index in [2.05, 4.69) is 26.6 Å². The van der Waals surface area contributed by atoms with Crippen molar-refractivity contribution in [2.45, 2.75) is 13.8 Å². The molecule has 6 heteroatoms. The average Bonchev–Trinajstić information content (AvgIpc) is 2.72. The van der Waals surface area contributed by atoms with Crippen LogP contribution in [0.2, 0.25) is 0 Å². The number of nitrogens with one attached hydrogen (secondary N) is 2. The maximum absolute atomic E-state index is 12.6. The summed E-state index contributed by atoms with van der Waals surface area (Å²) >= 11 is 3.42. The fraction of sp³-hybridized carbons (Fsp3) is 0.130. The molecule has 0 aliphatic heterocycles. The molecule has 3 rings (SSSR count). The third-order valence-corrected chi connectivity index (χ3v) is 4.88. The molecule has 3 aromatic carbocycles. The minimum Gasteiger partial charge on any atom is -0.493 e. The number of carbonyl (C=O) groups excluding carboxylic acids is 2. The molecule has 0 unspecified atom stereocenters. The molecule has 0 aromatic heterocycles. The first kappa shape index (κ1) is 20.6. The van der Waals surface area contributed by atoms with Crippen molar-refractivity contribution in [3.63, 3.8) is 0 Å². The quantitative estimate of drug-likeness (QED) is 0.506. The van der Waals surface area contributed by atoms with Gasteiger partial charge in [-0.3, -0.25) is 9.59 Å². The van der Waals surface area contributed by atoms with Crippen LogP contribution in [0.25, 0.3) is 0 Å². The van der Waals surface area contributed by atoms with E-state index in [4.69, 9.17) is 4.74 Å². The molecule has 0 atom stereocenters. The smallest absolute Gasteiger partial charge is 0.255 e. The standard InChI is InChI=1S/C23H21BrN2O3/c1-3-29-21-12-9-17(14-19(21)24)23(28)25-18-10-11-20(15(2)13-18)26-22(27)16-7-5-4-6-8-16/h4-14H,3H2,1-2H3,(H,25,28)(H,26,27). The van der Waals surface area contributed by atoms with E-state index < -0.39 is 0 Å². The van der Waals surface area contributed by atoms with Crippen molar-refractivity contribution in [3.05, 3.63) is 87.9 Å². The molecule has 0 saturated carbocycles. The zero-order valence-corrected chi connectivity index (χ0v) is 17.7. The number of benzene rings is 3.